The molecular formula is C32H49N3O5. The van der Waals surface area contributed by atoms with Gasteiger partial charge in [-0.25, -0.2) is 0 Å². The number of benzene rings is 1. The van der Waals surface area contributed by atoms with E-state index < -0.39 is 34.6 Å². The SMILES string of the molecule is CC1CC23O[C@@]1(C)[C@H](C(=O)NCc1ccccc1)[C@H]2C(=O)N(CCCCCO)C3C(=O)NC(C)(C)CC(C)(C)C. The quantitative estimate of drug-likeness (QED) is 0.360. The van der Waals surface area contributed by atoms with Crippen LogP contribution in [0.5, 0.6) is 0 Å². The Labute approximate surface area is 239 Å². The van der Waals surface area contributed by atoms with E-state index in [-0.39, 0.29) is 35.7 Å². The summed E-state index contributed by atoms with van der Waals surface area (Å²) < 4.78 is 6.82. The highest BCUT2D eigenvalue weighted by atomic mass is 16.5. The number of fused-ring (bicyclic) bond motifs is 1. The number of carbonyl (C=O) groups is 3. The Bertz CT molecular complexity index is 1100. The number of amides is 3. The van der Waals surface area contributed by atoms with Crippen molar-refractivity contribution in [2.45, 2.75) is 110 Å². The van der Waals surface area contributed by atoms with Crippen molar-refractivity contribution in [2.24, 2.45) is 23.2 Å². The number of likely N-dealkylation sites (tertiary alicyclic amines) is 1. The van der Waals surface area contributed by atoms with E-state index in [9.17, 15) is 19.5 Å². The molecule has 1 aromatic carbocycles. The van der Waals surface area contributed by atoms with Gasteiger partial charge in [-0.2, -0.15) is 0 Å². The van der Waals surface area contributed by atoms with Gasteiger partial charge in [-0.1, -0.05) is 58.0 Å². The zero-order valence-electron chi connectivity index (χ0n) is 25.4. The van der Waals surface area contributed by atoms with Gasteiger partial charge in [0.05, 0.1) is 17.4 Å². The second-order valence-electron chi connectivity index (χ2n) is 14.3. The molecule has 0 radical (unpaired) electrons. The van der Waals surface area contributed by atoms with Crippen LogP contribution in [0, 0.1) is 23.2 Å². The Hall–Kier alpha value is -2.45. The highest BCUT2D eigenvalue weighted by molar-refractivity contribution is 5.99. The molecule has 3 heterocycles. The Kier molecular flexibility index (Phi) is 8.46. The molecule has 8 nitrogen and oxygen atoms in total. The van der Waals surface area contributed by atoms with E-state index >= 15 is 0 Å². The van der Waals surface area contributed by atoms with Gasteiger partial charge in [0.15, 0.2) is 0 Å². The summed E-state index contributed by atoms with van der Waals surface area (Å²) in [7, 11) is 0. The van der Waals surface area contributed by atoms with Crippen LogP contribution in [0.2, 0.25) is 0 Å². The van der Waals surface area contributed by atoms with Crippen molar-refractivity contribution in [3.05, 3.63) is 35.9 Å². The van der Waals surface area contributed by atoms with Crippen molar-refractivity contribution < 1.29 is 24.2 Å². The second-order valence-corrected chi connectivity index (χ2v) is 14.3. The van der Waals surface area contributed by atoms with Gasteiger partial charge in [0.2, 0.25) is 17.7 Å². The molecule has 222 valence electrons. The van der Waals surface area contributed by atoms with Crippen LogP contribution in [0.15, 0.2) is 30.3 Å². The van der Waals surface area contributed by atoms with Crippen molar-refractivity contribution >= 4 is 17.7 Å². The fourth-order valence-corrected chi connectivity index (χ4v) is 7.92. The Morgan fingerprint density at radius 1 is 1.07 bits per heavy atom. The number of carbonyl (C=O) groups excluding carboxylic acids is 3. The number of hydrogen-bond donors (Lipinski definition) is 3. The topological polar surface area (TPSA) is 108 Å². The lowest BCUT2D eigenvalue weighted by Crippen LogP contribution is -2.59. The fraction of sp³-hybridized carbons (Fsp3) is 0.719. The lowest BCUT2D eigenvalue weighted by Gasteiger charge is -2.38. The van der Waals surface area contributed by atoms with Crippen LogP contribution in [0.25, 0.3) is 0 Å². The summed E-state index contributed by atoms with van der Waals surface area (Å²) in [6.45, 7) is 15.3. The number of nitrogens with one attached hydrogen (secondary N) is 2. The number of aliphatic hydroxyl groups is 1. The summed E-state index contributed by atoms with van der Waals surface area (Å²) in [6, 6.07) is 8.90. The van der Waals surface area contributed by atoms with Gasteiger partial charge in [0.1, 0.15) is 11.6 Å². The van der Waals surface area contributed by atoms with Crippen LogP contribution in [0.4, 0.5) is 0 Å². The maximum atomic E-state index is 14.2. The number of unbranched alkanes of at least 4 members (excludes halogenated alkanes) is 2. The van der Waals surface area contributed by atoms with Gasteiger partial charge in [0, 0.05) is 25.2 Å². The minimum Gasteiger partial charge on any atom is -0.396 e. The third-order valence-electron chi connectivity index (χ3n) is 9.15. The van der Waals surface area contributed by atoms with E-state index in [2.05, 4.69) is 38.3 Å². The van der Waals surface area contributed by atoms with Crippen LogP contribution in [-0.2, 0) is 25.7 Å². The molecule has 1 spiro atoms. The monoisotopic (exact) mass is 555 g/mol. The van der Waals surface area contributed by atoms with Gasteiger partial charge in [-0.05, 0) is 69.8 Å². The summed E-state index contributed by atoms with van der Waals surface area (Å²) in [5.41, 5.74) is -1.41. The van der Waals surface area contributed by atoms with Crippen molar-refractivity contribution in [1.29, 1.82) is 0 Å². The van der Waals surface area contributed by atoms with Gasteiger partial charge < -0.3 is 25.4 Å². The largest absolute Gasteiger partial charge is 0.396 e. The second kappa shape index (κ2) is 11.1. The maximum Gasteiger partial charge on any atom is 0.246 e. The first-order valence-corrected chi connectivity index (χ1v) is 14.9. The van der Waals surface area contributed by atoms with Crippen molar-refractivity contribution in [1.82, 2.24) is 15.5 Å². The van der Waals surface area contributed by atoms with Gasteiger partial charge >= 0.3 is 0 Å². The molecule has 3 N–H and O–H groups in total. The van der Waals surface area contributed by atoms with Crippen LogP contribution in [0.1, 0.15) is 86.1 Å². The Balaban J connectivity index is 1.66. The summed E-state index contributed by atoms with van der Waals surface area (Å²) in [4.78, 5) is 43.9. The fourth-order valence-electron chi connectivity index (χ4n) is 7.92. The molecule has 40 heavy (non-hydrogen) atoms. The minimum absolute atomic E-state index is 0.000675. The molecule has 1 aromatic rings. The van der Waals surface area contributed by atoms with E-state index in [1.807, 2.05) is 51.1 Å². The van der Waals surface area contributed by atoms with Gasteiger partial charge in [0.25, 0.3) is 0 Å². The summed E-state index contributed by atoms with van der Waals surface area (Å²) in [5.74, 6) is -2.00. The molecular weight excluding hydrogens is 506 g/mol. The van der Waals surface area contributed by atoms with Gasteiger partial charge in [-0.3, -0.25) is 14.4 Å². The number of rotatable bonds is 11. The van der Waals surface area contributed by atoms with E-state index in [4.69, 9.17) is 4.74 Å². The third-order valence-corrected chi connectivity index (χ3v) is 9.15. The Morgan fingerprint density at radius 2 is 1.75 bits per heavy atom. The first-order chi connectivity index (χ1) is 18.7. The standard InChI is InChI=1S/C32H49N3O5/c1-21-18-32-24(23(31(21,7)40-32)26(37)33-19-22-14-10-8-11-15-22)28(39)35(16-12-9-13-17-36)25(32)27(38)34-30(5,6)20-29(2,3)4/h8,10-11,14-15,21,23-25,36H,9,12-13,16-20H2,1-7H3,(H,33,37)(H,34,38)/t21?,23-,24-,25?,31+,32?/m0/s1. The highest BCUT2D eigenvalue weighted by Crippen LogP contribution is 2.65. The molecule has 3 fully saturated rings. The lowest BCUT2D eigenvalue weighted by molar-refractivity contribution is -0.148. The molecule has 8 heteroatoms. The predicted molar refractivity (Wildman–Crippen MR) is 154 cm³/mol. The van der Waals surface area contributed by atoms with Crippen molar-refractivity contribution in [3.8, 4) is 0 Å². The number of ether oxygens (including phenoxy) is 1. The molecule has 3 aliphatic rings. The first-order valence-electron chi connectivity index (χ1n) is 14.9. The van der Waals surface area contributed by atoms with Crippen LogP contribution in [0.3, 0.4) is 0 Å². The molecule has 0 aliphatic carbocycles. The lowest BCUT2D eigenvalue weighted by atomic mass is 9.62. The molecule has 3 unspecified atom stereocenters. The Morgan fingerprint density at radius 3 is 2.38 bits per heavy atom. The van der Waals surface area contributed by atoms with E-state index in [0.29, 0.717) is 32.4 Å². The molecule has 0 aromatic heterocycles. The third kappa shape index (κ3) is 5.67. The van der Waals surface area contributed by atoms with Crippen LogP contribution < -0.4 is 10.6 Å². The summed E-state index contributed by atoms with van der Waals surface area (Å²) in [5, 5.41) is 15.6. The number of aliphatic hydroxyl groups excluding tert-OH is 1. The summed E-state index contributed by atoms with van der Waals surface area (Å²) in [6.07, 6.45) is 3.37. The highest BCUT2D eigenvalue weighted by Gasteiger charge is 2.79. The van der Waals surface area contributed by atoms with E-state index in [1.165, 1.54) is 0 Å². The first kappa shape index (κ1) is 30.5. The van der Waals surface area contributed by atoms with Crippen molar-refractivity contribution in [3.63, 3.8) is 0 Å². The maximum absolute atomic E-state index is 14.2. The van der Waals surface area contributed by atoms with Crippen LogP contribution in [-0.4, -0.2) is 63.7 Å². The summed E-state index contributed by atoms with van der Waals surface area (Å²) >= 11 is 0. The number of nitrogens with zero attached hydrogens (tertiary/aromatic N) is 1. The van der Waals surface area contributed by atoms with E-state index in [0.717, 1.165) is 18.4 Å². The van der Waals surface area contributed by atoms with Gasteiger partial charge in [-0.15, -0.1) is 0 Å². The smallest absolute Gasteiger partial charge is 0.246 e. The molecule has 3 saturated heterocycles. The zero-order chi connectivity index (χ0) is 29.5. The normalized spacial score (nSPS) is 31.4. The molecule has 4 rings (SSSR count). The average Bonchev–Trinajstić information content (AvgIpc) is 3.35. The molecule has 3 amide bonds. The predicted octanol–water partition coefficient (Wildman–Crippen LogP) is 3.81. The van der Waals surface area contributed by atoms with E-state index in [1.54, 1.807) is 4.90 Å². The average molecular weight is 556 g/mol. The molecule has 3 aliphatic heterocycles. The molecule has 0 saturated carbocycles. The number of hydrogen-bond acceptors (Lipinski definition) is 5. The van der Waals surface area contributed by atoms with Crippen LogP contribution >= 0.6 is 0 Å². The minimum atomic E-state index is -1.06. The zero-order valence-corrected chi connectivity index (χ0v) is 25.4. The van der Waals surface area contributed by atoms with Crippen molar-refractivity contribution in [2.75, 3.05) is 13.2 Å². The molecule has 2 bridgehead atoms. The molecule has 6 atom stereocenters.